The second kappa shape index (κ2) is 11.1. The number of alkyl halides is 3. The third kappa shape index (κ3) is 8.00. The Bertz CT molecular complexity index is 1050. The van der Waals surface area contributed by atoms with Gasteiger partial charge in [-0.25, -0.2) is 9.48 Å². The number of nitrogens with two attached hydrogens (primary N) is 1. The minimum Gasteiger partial charge on any atom is -0.447 e. The van der Waals surface area contributed by atoms with E-state index < -0.39 is 22.7 Å². The zero-order valence-corrected chi connectivity index (χ0v) is 19.6. The van der Waals surface area contributed by atoms with Gasteiger partial charge in [0.1, 0.15) is 18.3 Å². The lowest BCUT2D eigenvalue weighted by atomic mass is 10.1. The number of hydrogen-bond acceptors (Lipinski definition) is 7. The Kier molecular flexibility index (Phi) is 8.83. The van der Waals surface area contributed by atoms with E-state index in [0.29, 0.717) is 16.9 Å². The van der Waals surface area contributed by atoms with Crippen molar-refractivity contribution in [2.24, 2.45) is 10.8 Å². The van der Waals surface area contributed by atoms with E-state index in [4.69, 9.17) is 10.5 Å². The fraction of sp³-hybridized carbons (Fsp3) is 0.300. The number of rotatable bonds is 9. The summed E-state index contributed by atoms with van der Waals surface area (Å²) in [6.45, 7) is 3.23. The first-order chi connectivity index (χ1) is 15.0. The van der Waals surface area contributed by atoms with Crippen LogP contribution in [0, 0.1) is 0 Å². The minimum absolute atomic E-state index is 0.189. The molecule has 1 atom stereocenters. The second-order valence-corrected chi connectivity index (χ2v) is 8.34. The van der Waals surface area contributed by atoms with E-state index in [9.17, 15) is 18.4 Å². The van der Waals surface area contributed by atoms with Crippen LogP contribution in [-0.4, -0.2) is 57.8 Å². The summed E-state index contributed by atoms with van der Waals surface area (Å²) in [5.74, 6) is 0. The van der Waals surface area contributed by atoms with Crippen LogP contribution in [0.15, 0.2) is 53.0 Å². The van der Waals surface area contributed by atoms with E-state index in [1.54, 1.807) is 43.4 Å². The molecule has 0 aliphatic rings. The molecule has 0 saturated heterocycles. The van der Waals surface area contributed by atoms with Gasteiger partial charge in [0, 0.05) is 61.1 Å². The molecular weight excluding hydrogens is 537 g/mol. The van der Waals surface area contributed by atoms with Gasteiger partial charge in [-0.2, -0.15) is 19.0 Å². The number of hydrogen-bond donors (Lipinski definition) is 2. The third-order valence-electron chi connectivity index (χ3n) is 3.97. The highest BCUT2D eigenvalue weighted by molar-refractivity contribution is 14.1. The van der Waals surface area contributed by atoms with E-state index in [1.165, 1.54) is 23.2 Å². The highest BCUT2D eigenvalue weighted by Gasteiger charge is 2.34. The molecule has 12 heteroatoms. The number of nitrogens with zero attached hydrogens (tertiary/aromatic N) is 4. The molecule has 0 aliphatic heterocycles. The molecule has 2 aromatic rings. The summed E-state index contributed by atoms with van der Waals surface area (Å²) < 4.78 is 29.1. The second-order valence-electron chi connectivity index (χ2n) is 6.90. The number of aromatic nitrogens is 2. The van der Waals surface area contributed by atoms with Crippen LogP contribution in [0.25, 0.3) is 5.70 Å². The molecular formula is C20H23F2IN6O3. The number of anilines is 1. The molecule has 1 aromatic carbocycles. The highest BCUT2D eigenvalue weighted by atomic mass is 127. The lowest BCUT2D eigenvalue weighted by Gasteiger charge is -2.17. The topological polar surface area (TPSA) is 115 Å². The first kappa shape index (κ1) is 25.4. The van der Waals surface area contributed by atoms with Crippen molar-refractivity contribution in [2.45, 2.75) is 16.4 Å². The van der Waals surface area contributed by atoms with Crippen molar-refractivity contribution in [3.63, 3.8) is 0 Å². The zero-order valence-electron chi connectivity index (χ0n) is 17.5. The lowest BCUT2D eigenvalue weighted by Crippen LogP contribution is -2.41. The summed E-state index contributed by atoms with van der Waals surface area (Å²) in [5, 5.41) is 12.4. The Morgan fingerprint density at radius 3 is 2.84 bits per heavy atom. The number of ether oxygens (including phenoxy) is 1. The molecule has 0 spiro atoms. The van der Waals surface area contributed by atoms with Gasteiger partial charge in [0.05, 0.1) is 11.9 Å². The van der Waals surface area contributed by atoms with Gasteiger partial charge in [0.15, 0.2) is 0 Å². The molecule has 1 aromatic heterocycles. The Labute approximate surface area is 197 Å². The quantitative estimate of drug-likeness (QED) is 0.211. The van der Waals surface area contributed by atoms with E-state index >= 15 is 0 Å². The Morgan fingerprint density at radius 1 is 1.47 bits per heavy atom. The van der Waals surface area contributed by atoms with Gasteiger partial charge in [-0.1, -0.05) is 18.7 Å². The predicted molar refractivity (Wildman–Crippen MR) is 127 cm³/mol. The first-order valence-electron chi connectivity index (χ1n) is 9.30. The molecule has 1 amide bonds. The highest BCUT2D eigenvalue weighted by Crippen LogP contribution is 2.25. The normalized spacial score (nSPS) is 12.4. The van der Waals surface area contributed by atoms with Crippen molar-refractivity contribution in [1.29, 1.82) is 0 Å². The molecule has 0 radical (unpaired) electrons. The number of carbonyl (C=O) groups is 1. The van der Waals surface area contributed by atoms with Crippen LogP contribution < -0.4 is 16.5 Å². The Morgan fingerprint density at radius 2 is 2.19 bits per heavy atom. The number of benzene rings is 1. The van der Waals surface area contributed by atoms with E-state index in [0.717, 1.165) is 22.6 Å². The Hall–Kier alpha value is -2.87. The molecule has 172 valence electrons. The van der Waals surface area contributed by atoms with Crippen LogP contribution in [0.4, 0.5) is 19.3 Å². The van der Waals surface area contributed by atoms with Gasteiger partial charge in [-0.3, -0.25) is 10.1 Å². The van der Waals surface area contributed by atoms with Crippen LogP contribution in [-0.2, 0) is 11.2 Å². The number of halogens is 3. The number of amides is 1. The number of allylic oxidation sites excluding steroid dienone is 1. The van der Waals surface area contributed by atoms with Gasteiger partial charge in [0.2, 0.25) is 5.43 Å². The fourth-order valence-corrected chi connectivity index (χ4v) is 2.52. The first-order valence-corrected chi connectivity index (χ1v) is 10.4. The van der Waals surface area contributed by atoms with Crippen molar-refractivity contribution < 1.29 is 18.3 Å². The number of nitrogens with one attached hydrogen (secondary N) is 1. The monoisotopic (exact) mass is 560 g/mol. The van der Waals surface area contributed by atoms with Gasteiger partial charge in [-0.15, -0.1) is 0 Å². The maximum absolute atomic E-state index is 13.0. The van der Waals surface area contributed by atoms with Crippen molar-refractivity contribution >= 4 is 46.3 Å². The van der Waals surface area contributed by atoms with Gasteiger partial charge in [-0.05, 0) is 17.7 Å². The van der Waals surface area contributed by atoms with Crippen molar-refractivity contribution in [3.05, 3.63) is 64.6 Å². The SMILES string of the molecule is C=C(/C=N\N(C)C)n1ccc(=O)c(Cc2cccc(NC(=O)OCC(N)C(F)(F)I)c2)n1. The van der Waals surface area contributed by atoms with E-state index in [-0.39, 0.29) is 17.5 Å². The molecule has 9 nitrogen and oxygen atoms in total. The number of hydrazone groups is 1. The molecule has 1 unspecified atom stereocenters. The molecule has 3 N–H and O–H groups in total. The summed E-state index contributed by atoms with van der Waals surface area (Å²) in [7, 11) is 3.52. The van der Waals surface area contributed by atoms with Crippen molar-refractivity contribution in [3.8, 4) is 0 Å². The third-order valence-corrected chi connectivity index (χ3v) is 4.77. The molecule has 0 bridgehead atoms. The predicted octanol–water partition coefficient (Wildman–Crippen LogP) is 2.76. The molecule has 32 heavy (non-hydrogen) atoms. The summed E-state index contributed by atoms with van der Waals surface area (Å²) >= 11 is 0.886. The van der Waals surface area contributed by atoms with Crippen LogP contribution in [0.1, 0.15) is 11.3 Å². The van der Waals surface area contributed by atoms with Crippen molar-refractivity contribution in [2.75, 3.05) is 26.0 Å². The summed E-state index contributed by atoms with van der Waals surface area (Å²) in [5.41, 5.74) is 6.79. The minimum atomic E-state index is -3.20. The standard InChI is InChI=1S/C20H23F2IN6O3/c1-13(11-25-28(2)3)29-8-7-17(30)16(27-29)10-14-5-4-6-15(9-14)26-19(31)32-12-18(24)20(21,22)23/h4-9,11,18H,1,10,12,24H2,2-3H3,(H,26,31)/b25-11-. The molecule has 1 heterocycles. The van der Waals surface area contributed by atoms with E-state index in [2.05, 4.69) is 22.1 Å². The van der Waals surface area contributed by atoms with E-state index in [1.807, 2.05) is 0 Å². The largest absolute Gasteiger partial charge is 0.447 e. The fourth-order valence-electron chi connectivity index (χ4n) is 2.34. The molecule has 0 saturated carbocycles. The van der Waals surface area contributed by atoms with Crippen LogP contribution in [0.2, 0.25) is 0 Å². The van der Waals surface area contributed by atoms with Gasteiger partial charge >= 0.3 is 10.0 Å². The molecule has 0 fully saturated rings. The zero-order chi connectivity index (χ0) is 23.9. The average molecular weight is 560 g/mol. The van der Waals surface area contributed by atoms with Crippen LogP contribution in [0.5, 0.6) is 0 Å². The molecule has 2 rings (SSSR count). The van der Waals surface area contributed by atoms with Crippen LogP contribution >= 0.6 is 22.6 Å². The number of carbonyl (C=O) groups excluding carboxylic acids is 1. The summed E-state index contributed by atoms with van der Waals surface area (Å²) in [6, 6.07) is 6.39. The smallest absolute Gasteiger partial charge is 0.411 e. The van der Waals surface area contributed by atoms with Gasteiger partial charge < -0.3 is 15.5 Å². The van der Waals surface area contributed by atoms with Crippen molar-refractivity contribution in [1.82, 2.24) is 14.8 Å². The lowest BCUT2D eigenvalue weighted by molar-refractivity contribution is 0.0590. The Balaban J connectivity index is 2.08. The van der Waals surface area contributed by atoms with Crippen LogP contribution in [0.3, 0.4) is 0 Å². The maximum atomic E-state index is 13.0. The maximum Gasteiger partial charge on any atom is 0.411 e. The molecule has 0 aliphatic carbocycles. The van der Waals surface area contributed by atoms with Gasteiger partial charge in [0.25, 0.3) is 0 Å². The summed E-state index contributed by atoms with van der Waals surface area (Å²) in [4.78, 5) is 24.1. The average Bonchev–Trinajstić information content (AvgIpc) is 2.71. The summed E-state index contributed by atoms with van der Waals surface area (Å²) in [6.07, 6.45) is 2.27.